The number of thiocarbonyl (C=S) groups is 1. The number of unbranched alkanes of at least 4 members (excludes halogenated alkanes) is 1. The van der Waals surface area contributed by atoms with Crippen LogP contribution >= 0.6 is 12.2 Å². The van der Waals surface area contributed by atoms with Gasteiger partial charge in [0.25, 0.3) is 0 Å². The first-order valence-electron chi connectivity index (χ1n) is 9.06. The summed E-state index contributed by atoms with van der Waals surface area (Å²) in [6.07, 6.45) is 2.19. The largest absolute Gasteiger partial charge is 0.497 e. The van der Waals surface area contributed by atoms with E-state index in [-0.39, 0.29) is 0 Å². The van der Waals surface area contributed by atoms with Crippen LogP contribution in [-0.2, 0) is 6.54 Å². The fourth-order valence-electron chi connectivity index (χ4n) is 2.29. The SMILES string of the molecule is CCCCOc1ccc(C(C)=NNC(=S)NCc2ccc(OC)cc2)cc1. The van der Waals surface area contributed by atoms with E-state index in [2.05, 4.69) is 22.8 Å². The Bertz CT molecular complexity index is 743. The zero-order valence-electron chi connectivity index (χ0n) is 16.1. The maximum absolute atomic E-state index is 5.67. The van der Waals surface area contributed by atoms with Crippen molar-refractivity contribution >= 4 is 23.0 Å². The molecule has 144 valence electrons. The van der Waals surface area contributed by atoms with E-state index in [9.17, 15) is 0 Å². The lowest BCUT2D eigenvalue weighted by Gasteiger charge is -2.09. The number of hydrogen-bond donors (Lipinski definition) is 2. The zero-order chi connectivity index (χ0) is 19.5. The average Bonchev–Trinajstić information content (AvgIpc) is 2.71. The first-order valence-corrected chi connectivity index (χ1v) is 9.47. The molecule has 0 saturated carbocycles. The molecule has 0 heterocycles. The molecule has 2 rings (SSSR count). The highest BCUT2D eigenvalue weighted by Crippen LogP contribution is 2.13. The Balaban J connectivity index is 1.80. The summed E-state index contributed by atoms with van der Waals surface area (Å²) < 4.78 is 10.8. The van der Waals surface area contributed by atoms with Crippen molar-refractivity contribution in [2.45, 2.75) is 33.2 Å². The lowest BCUT2D eigenvalue weighted by molar-refractivity contribution is 0.309. The van der Waals surface area contributed by atoms with Crippen molar-refractivity contribution in [3.63, 3.8) is 0 Å². The molecule has 0 fully saturated rings. The van der Waals surface area contributed by atoms with Gasteiger partial charge in [-0.3, -0.25) is 5.43 Å². The lowest BCUT2D eigenvalue weighted by atomic mass is 10.1. The summed E-state index contributed by atoms with van der Waals surface area (Å²) >= 11 is 5.28. The predicted molar refractivity (Wildman–Crippen MR) is 115 cm³/mol. The number of hydrogen-bond acceptors (Lipinski definition) is 4. The highest BCUT2D eigenvalue weighted by molar-refractivity contribution is 7.80. The Labute approximate surface area is 166 Å². The molecule has 0 aliphatic rings. The number of hydrazone groups is 1. The number of methoxy groups -OCH3 is 1. The molecule has 5 nitrogen and oxygen atoms in total. The summed E-state index contributed by atoms with van der Waals surface area (Å²) in [5.41, 5.74) is 5.86. The van der Waals surface area contributed by atoms with Crippen molar-refractivity contribution in [2.24, 2.45) is 5.10 Å². The molecule has 0 bridgehead atoms. The Kier molecular flexibility index (Phi) is 8.58. The minimum atomic E-state index is 0.477. The highest BCUT2D eigenvalue weighted by Gasteiger charge is 2.01. The summed E-state index contributed by atoms with van der Waals surface area (Å²) in [7, 11) is 1.65. The number of nitrogens with one attached hydrogen (secondary N) is 2. The van der Waals surface area contributed by atoms with Crippen LogP contribution < -0.4 is 20.2 Å². The minimum absolute atomic E-state index is 0.477. The second kappa shape index (κ2) is 11.2. The summed E-state index contributed by atoms with van der Waals surface area (Å²) in [5.74, 6) is 1.71. The third-order valence-corrected chi connectivity index (χ3v) is 4.21. The molecular weight excluding hydrogens is 358 g/mol. The molecule has 0 aliphatic carbocycles. The van der Waals surface area contributed by atoms with Crippen molar-refractivity contribution in [1.29, 1.82) is 0 Å². The van der Waals surface area contributed by atoms with Gasteiger partial charge in [-0.15, -0.1) is 0 Å². The van der Waals surface area contributed by atoms with Gasteiger partial charge in [-0.25, -0.2) is 0 Å². The molecule has 0 spiro atoms. The third kappa shape index (κ3) is 7.27. The van der Waals surface area contributed by atoms with E-state index in [1.54, 1.807) is 7.11 Å². The number of ether oxygens (including phenoxy) is 2. The Morgan fingerprint density at radius 2 is 1.70 bits per heavy atom. The Morgan fingerprint density at radius 1 is 1.04 bits per heavy atom. The van der Waals surface area contributed by atoms with E-state index in [1.165, 1.54) is 0 Å². The Morgan fingerprint density at radius 3 is 2.33 bits per heavy atom. The highest BCUT2D eigenvalue weighted by atomic mass is 32.1. The molecule has 0 aromatic heterocycles. The maximum Gasteiger partial charge on any atom is 0.187 e. The summed E-state index contributed by atoms with van der Waals surface area (Å²) in [5, 5.41) is 7.95. The normalized spacial score (nSPS) is 11.0. The molecule has 0 radical (unpaired) electrons. The first-order chi connectivity index (χ1) is 13.1. The van der Waals surface area contributed by atoms with Crippen LogP contribution in [0.5, 0.6) is 11.5 Å². The van der Waals surface area contributed by atoms with Gasteiger partial charge in [-0.1, -0.05) is 25.5 Å². The molecule has 2 aromatic rings. The number of nitrogens with zero attached hydrogens (tertiary/aromatic N) is 1. The van der Waals surface area contributed by atoms with E-state index in [0.717, 1.165) is 47.8 Å². The minimum Gasteiger partial charge on any atom is -0.497 e. The van der Waals surface area contributed by atoms with Gasteiger partial charge >= 0.3 is 0 Å². The van der Waals surface area contributed by atoms with E-state index >= 15 is 0 Å². The molecule has 6 heteroatoms. The van der Waals surface area contributed by atoms with Crippen molar-refractivity contribution in [3.8, 4) is 11.5 Å². The van der Waals surface area contributed by atoms with Gasteiger partial charge in [0.2, 0.25) is 0 Å². The van der Waals surface area contributed by atoms with E-state index < -0.39 is 0 Å². The molecule has 0 aliphatic heterocycles. The molecular formula is C21H27N3O2S. The second-order valence-corrected chi connectivity index (χ2v) is 6.47. The first kappa shape index (κ1) is 20.7. The standard InChI is InChI=1S/C21H27N3O2S/c1-4-5-14-26-20-12-8-18(9-13-20)16(2)23-24-21(27)22-15-17-6-10-19(25-3)11-7-17/h6-13H,4-5,14-15H2,1-3H3,(H2,22,24,27). The zero-order valence-corrected chi connectivity index (χ0v) is 16.9. The van der Waals surface area contributed by atoms with Crippen molar-refractivity contribution in [2.75, 3.05) is 13.7 Å². The van der Waals surface area contributed by atoms with Crippen LogP contribution in [-0.4, -0.2) is 24.5 Å². The topological polar surface area (TPSA) is 54.9 Å². The third-order valence-electron chi connectivity index (χ3n) is 3.98. The molecule has 0 saturated heterocycles. The predicted octanol–water partition coefficient (Wildman–Crippen LogP) is 4.26. The van der Waals surface area contributed by atoms with Crippen LogP contribution in [0.15, 0.2) is 53.6 Å². The monoisotopic (exact) mass is 385 g/mol. The van der Waals surface area contributed by atoms with E-state index in [4.69, 9.17) is 21.7 Å². The quantitative estimate of drug-likeness (QED) is 0.292. The van der Waals surface area contributed by atoms with Crippen LogP contribution in [0.2, 0.25) is 0 Å². The maximum atomic E-state index is 5.67. The molecule has 0 amide bonds. The van der Waals surface area contributed by atoms with Crippen LogP contribution in [0.1, 0.15) is 37.8 Å². The summed E-state index contributed by atoms with van der Waals surface area (Å²) in [6, 6.07) is 15.7. The lowest BCUT2D eigenvalue weighted by Crippen LogP contribution is -2.32. The molecule has 0 atom stereocenters. The van der Waals surface area contributed by atoms with Gasteiger partial charge in [-0.05, 0) is 73.1 Å². The summed E-state index contributed by atoms with van der Waals surface area (Å²) in [6.45, 7) is 5.45. The van der Waals surface area contributed by atoms with E-state index in [1.807, 2.05) is 55.5 Å². The molecule has 0 unspecified atom stereocenters. The number of benzene rings is 2. The molecule has 2 aromatic carbocycles. The van der Waals surface area contributed by atoms with Crippen molar-refractivity contribution in [3.05, 3.63) is 59.7 Å². The fourth-order valence-corrected chi connectivity index (χ4v) is 2.41. The van der Waals surface area contributed by atoms with Crippen LogP contribution in [0.25, 0.3) is 0 Å². The summed E-state index contributed by atoms with van der Waals surface area (Å²) in [4.78, 5) is 0. The second-order valence-electron chi connectivity index (χ2n) is 6.07. The Hall–Kier alpha value is -2.60. The molecule has 2 N–H and O–H groups in total. The van der Waals surface area contributed by atoms with Gasteiger partial charge < -0.3 is 14.8 Å². The van der Waals surface area contributed by atoms with Gasteiger partial charge in [0.05, 0.1) is 19.4 Å². The van der Waals surface area contributed by atoms with Gasteiger partial charge in [-0.2, -0.15) is 5.10 Å². The average molecular weight is 386 g/mol. The van der Waals surface area contributed by atoms with Gasteiger partial charge in [0.15, 0.2) is 5.11 Å². The molecule has 27 heavy (non-hydrogen) atoms. The van der Waals surface area contributed by atoms with Crippen LogP contribution in [0.3, 0.4) is 0 Å². The van der Waals surface area contributed by atoms with Crippen LogP contribution in [0.4, 0.5) is 0 Å². The van der Waals surface area contributed by atoms with Crippen molar-refractivity contribution in [1.82, 2.24) is 10.7 Å². The van der Waals surface area contributed by atoms with E-state index in [0.29, 0.717) is 11.7 Å². The smallest absolute Gasteiger partial charge is 0.187 e. The van der Waals surface area contributed by atoms with Crippen molar-refractivity contribution < 1.29 is 9.47 Å². The van der Waals surface area contributed by atoms with Gasteiger partial charge in [0, 0.05) is 6.54 Å². The van der Waals surface area contributed by atoms with Gasteiger partial charge in [0.1, 0.15) is 11.5 Å². The van der Waals surface area contributed by atoms with Crippen LogP contribution in [0, 0.1) is 0 Å². The fraction of sp³-hybridized carbons (Fsp3) is 0.333. The number of rotatable bonds is 9.